The van der Waals surface area contributed by atoms with E-state index in [2.05, 4.69) is 0 Å². The van der Waals surface area contributed by atoms with Gasteiger partial charge in [0.1, 0.15) is 11.9 Å². The van der Waals surface area contributed by atoms with E-state index in [0.29, 0.717) is 5.56 Å². The number of halogens is 1. The van der Waals surface area contributed by atoms with Crippen LogP contribution in [0.5, 0.6) is 0 Å². The second-order valence-corrected chi connectivity index (χ2v) is 5.49. The van der Waals surface area contributed by atoms with Crippen molar-refractivity contribution in [3.8, 4) is 6.07 Å². The van der Waals surface area contributed by atoms with Crippen molar-refractivity contribution in [3.63, 3.8) is 0 Å². The Morgan fingerprint density at radius 2 is 1.89 bits per heavy atom. The summed E-state index contributed by atoms with van der Waals surface area (Å²) in [6.07, 6.45) is 0. The Labute approximate surface area is 106 Å². The molecular weight excluding hydrogens is 233 g/mol. The molecule has 1 unspecified atom stereocenters. The highest BCUT2D eigenvalue weighted by Gasteiger charge is 2.46. The minimum absolute atomic E-state index is 0.135. The van der Waals surface area contributed by atoms with E-state index >= 15 is 0 Å². The molecular formula is C14H16FNO2. The molecule has 0 heterocycles. The topological polar surface area (TPSA) is 61.1 Å². The number of nitrogens with zero attached hydrogens (tertiary/aromatic N) is 1. The van der Waals surface area contributed by atoms with Crippen molar-refractivity contribution in [1.29, 1.82) is 5.26 Å². The van der Waals surface area contributed by atoms with Gasteiger partial charge in [-0.2, -0.15) is 5.26 Å². The van der Waals surface area contributed by atoms with Crippen molar-refractivity contribution in [2.75, 3.05) is 0 Å². The molecule has 4 heteroatoms. The highest BCUT2D eigenvalue weighted by Crippen LogP contribution is 2.41. The van der Waals surface area contributed by atoms with Crippen LogP contribution in [0.15, 0.2) is 18.2 Å². The molecule has 0 fully saturated rings. The van der Waals surface area contributed by atoms with Crippen LogP contribution < -0.4 is 0 Å². The summed E-state index contributed by atoms with van der Waals surface area (Å²) in [7, 11) is 0. The number of carbonyl (C=O) groups is 1. The molecule has 1 aromatic carbocycles. The number of hydrogen-bond acceptors (Lipinski definition) is 2. The lowest BCUT2D eigenvalue weighted by atomic mass is 9.64. The molecule has 0 aliphatic carbocycles. The zero-order valence-corrected chi connectivity index (χ0v) is 10.9. The van der Waals surface area contributed by atoms with Crippen molar-refractivity contribution in [2.24, 2.45) is 5.41 Å². The Morgan fingerprint density at radius 3 is 2.28 bits per heavy atom. The summed E-state index contributed by atoms with van der Waals surface area (Å²) in [6, 6.07) is 5.61. The predicted molar refractivity (Wildman–Crippen MR) is 65.6 cm³/mol. The Morgan fingerprint density at radius 1 is 1.33 bits per heavy atom. The molecule has 0 aromatic heterocycles. The van der Waals surface area contributed by atoms with Gasteiger partial charge < -0.3 is 5.11 Å². The van der Waals surface area contributed by atoms with Crippen LogP contribution >= 0.6 is 0 Å². The fourth-order valence-corrected chi connectivity index (χ4v) is 1.80. The zero-order chi connectivity index (χ0) is 14.1. The average Bonchev–Trinajstić information content (AvgIpc) is 2.26. The Hall–Kier alpha value is -1.89. The number of carboxylic acid groups (broad SMARTS) is 1. The van der Waals surface area contributed by atoms with E-state index in [-0.39, 0.29) is 5.56 Å². The molecule has 1 aromatic rings. The molecule has 0 radical (unpaired) electrons. The fourth-order valence-electron chi connectivity index (χ4n) is 1.80. The maximum atomic E-state index is 13.3. The van der Waals surface area contributed by atoms with Crippen molar-refractivity contribution < 1.29 is 14.3 Å². The van der Waals surface area contributed by atoms with Crippen LogP contribution in [0.3, 0.4) is 0 Å². The van der Waals surface area contributed by atoms with E-state index in [9.17, 15) is 14.3 Å². The van der Waals surface area contributed by atoms with Crippen LogP contribution in [0.4, 0.5) is 4.39 Å². The number of nitriles is 1. The maximum Gasteiger partial charge on any atom is 0.314 e. The maximum absolute atomic E-state index is 13.3. The van der Waals surface area contributed by atoms with Gasteiger partial charge in [-0.3, -0.25) is 4.79 Å². The first-order chi connectivity index (χ1) is 8.14. The Bertz CT molecular complexity index is 526. The number of aliphatic carboxylic acids is 1. The molecule has 1 N–H and O–H groups in total. The molecule has 0 aliphatic heterocycles. The van der Waals surface area contributed by atoms with Gasteiger partial charge in [-0.15, -0.1) is 0 Å². The molecule has 96 valence electrons. The summed E-state index contributed by atoms with van der Waals surface area (Å²) in [4.78, 5) is 11.6. The van der Waals surface area contributed by atoms with Crippen LogP contribution in [0.1, 0.15) is 38.8 Å². The first-order valence-corrected chi connectivity index (χ1v) is 5.58. The molecule has 0 saturated heterocycles. The molecule has 1 atom stereocenters. The van der Waals surface area contributed by atoms with E-state index in [1.54, 1.807) is 33.8 Å². The van der Waals surface area contributed by atoms with E-state index in [1.165, 1.54) is 12.1 Å². The molecule has 0 aliphatic rings. The molecule has 1 rings (SSSR count). The van der Waals surface area contributed by atoms with Crippen molar-refractivity contribution in [2.45, 2.75) is 33.1 Å². The summed E-state index contributed by atoms with van der Waals surface area (Å²) in [6.45, 7) is 6.99. The minimum atomic E-state index is -1.19. The van der Waals surface area contributed by atoms with E-state index in [4.69, 9.17) is 5.26 Å². The highest BCUT2D eigenvalue weighted by atomic mass is 19.1. The largest absolute Gasteiger partial charge is 0.481 e. The monoisotopic (exact) mass is 249 g/mol. The fraction of sp³-hybridized carbons (Fsp3) is 0.429. The lowest BCUT2D eigenvalue weighted by Gasteiger charge is -2.38. The van der Waals surface area contributed by atoms with E-state index in [0.717, 1.165) is 6.07 Å². The van der Waals surface area contributed by atoms with Gasteiger partial charge in [0.25, 0.3) is 0 Å². The summed E-state index contributed by atoms with van der Waals surface area (Å²) in [5.74, 6) is -1.63. The molecule has 0 bridgehead atoms. The lowest BCUT2D eigenvalue weighted by molar-refractivity contribution is -0.147. The first kappa shape index (κ1) is 14.2. The SMILES string of the molecule is CC(C)(C)C(C)(C(=O)O)c1ccc(F)c(C#N)c1. The van der Waals surface area contributed by atoms with Gasteiger partial charge >= 0.3 is 5.97 Å². The molecule has 0 saturated carbocycles. The number of carboxylic acids is 1. The second kappa shape index (κ2) is 4.41. The summed E-state index contributed by atoms with van der Waals surface area (Å²) in [5.41, 5.74) is -1.46. The average molecular weight is 249 g/mol. The lowest BCUT2D eigenvalue weighted by Crippen LogP contribution is -2.44. The summed E-state index contributed by atoms with van der Waals surface area (Å²) >= 11 is 0. The molecule has 18 heavy (non-hydrogen) atoms. The van der Waals surface area contributed by atoms with Gasteiger partial charge in [-0.1, -0.05) is 26.8 Å². The van der Waals surface area contributed by atoms with Crippen molar-refractivity contribution in [1.82, 2.24) is 0 Å². The Balaban J connectivity index is 3.52. The molecule has 3 nitrogen and oxygen atoms in total. The van der Waals surface area contributed by atoms with E-state index in [1.807, 2.05) is 0 Å². The van der Waals surface area contributed by atoms with Crippen LogP contribution in [0.2, 0.25) is 0 Å². The van der Waals surface area contributed by atoms with Crippen LogP contribution in [-0.4, -0.2) is 11.1 Å². The van der Waals surface area contributed by atoms with Crippen LogP contribution in [0, 0.1) is 22.6 Å². The third-order valence-electron chi connectivity index (χ3n) is 3.59. The third kappa shape index (κ3) is 2.08. The van der Waals surface area contributed by atoms with Gasteiger partial charge in [0, 0.05) is 0 Å². The van der Waals surface area contributed by atoms with Crippen LogP contribution in [-0.2, 0) is 10.2 Å². The summed E-state index contributed by atoms with van der Waals surface area (Å²) in [5, 5.41) is 18.3. The number of hydrogen-bond donors (Lipinski definition) is 1. The summed E-state index contributed by atoms with van der Waals surface area (Å²) < 4.78 is 13.3. The molecule has 0 amide bonds. The van der Waals surface area contributed by atoms with Crippen LogP contribution in [0.25, 0.3) is 0 Å². The van der Waals surface area contributed by atoms with Gasteiger partial charge in [0.05, 0.1) is 11.0 Å². The minimum Gasteiger partial charge on any atom is -0.481 e. The smallest absolute Gasteiger partial charge is 0.314 e. The van der Waals surface area contributed by atoms with Crippen molar-refractivity contribution >= 4 is 5.97 Å². The Kier molecular flexibility index (Phi) is 3.47. The normalized spacial score (nSPS) is 14.7. The quantitative estimate of drug-likeness (QED) is 0.876. The number of rotatable bonds is 2. The van der Waals surface area contributed by atoms with E-state index < -0.39 is 22.6 Å². The predicted octanol–water partition coefficient (Wildman–Crippen LogP) is 3.09. The molecule has 0 spiro atoms. The van der Waals surface area contributed by atoms with Gasteiger partial charge in [-0.25, -0.2) is 4.39 Å². The standard InChI is InChI=1S/C14H16FNO2/c1-13(2,3)14(4,12(17)18)10-5-6-11(15)9(7-10)8-16/h5-7H,1-4H3,(H,17,18). The third-order valence-corrected chi connectivity index (χ3v) is 3.59. The van der Waals surface area contributed by atoms with Gasteiger partial charge in [0.2, 0.25) is 0 Å². The second-order valence-electron chi connectivity index (χ2n) is 5.49. The zero-order valence-electron chi connectivity index (χ0n) is 10.9. The highest BCUT2D eigenvalue weighted by molar-refractivity contribution is 5.82. The van der Waals surface area contributed by atoms with Gasteiger partial charge in [0.15, 0.2) is 0 Å². The first-order valence-electron chi connectivity index (χ1n) is 5.58. The van der Waals surface area contributed by atoms with Crippen molar-refractivity contribution in [3.05, 3.63) is 35.1 Å². The number of benzene rings is 1. The van der Waals surface area contributed by atoms with Gasteiger partial charge in [-0.05, 0) is 30.0 Å².